The predicted octanol–water partition coefficient (Wildman–Crippen LogP) is 5.93. The van der Waals surface area contributed by atoms with Gasteiger partial charge in [0.2, 0.25) is 5.88 Å². The number of hydrogen-bond acceptors (Lipinski definition) is 6. The molecule has 3 aromatic rings. The summed E-state index contributed by atoms with van der Waals surface area (Å²) in [5.74, 6) is -1.19. The second kappa shape index (κ2) is 11.8. The Morgan fingerprint density at radius 2 is 1.79 bits per heavy atom. The molecular formula is C24H25EsF6N5O2. The minimum absolute atomic E-state index is 0. The van der Waals surface area contributed by atoms with Gasteiger partial charge in [0.25, 0.3) is 0 Å². The molecule has 0 aliphatic heterocycles. The van der Waals surface area contributed by atoms with Gasteiger partial charge < -0.3 is 14.8 Å². The average molecular weight is 781 g/mol. The summed E-state index contributed by atoms with van der Waals surface area (Å²) < 4.78 is 77.8. The van der Waals surface area contributed by atoms with Crippen molar-refractivity contribution in [3.05, 3.63) is 36.0 Å². The number of halogens is 6. The molecule has 0 aromatic carbocycles. The number of aromatic hydroxyl groups is 1. The number of nitriles is 1. The average Bonchev–Trinajstić information content (AvgIpc) is 3.17. The molecule has 2 N–H and O–H groups in total. The van der Waals surface area contributed by atoms with Crippen LogP contribution >= 0.6 is 0 Å². The summed E-state index contributed by atoms with van der Waals surface area (Å²) >= 11 is 0. The van der Waals surface area contributed by atoms with Crippen LogP contribution in [0.2, 0.25) is 0 Å². The SMILES string of the molecule is Cc1nc(O)cc(-c2cn(C[C@@H](O)CC#N)c3ccnc(C(F)(F)F)c23)n1.FC(F)(F)C1CCCCC1.[Es]. The van der Waals surface area contributed by atoms with E-state index in [-0.39, 0.29) is 46.8 Å². The normalized spacial score (nSPS) is 15.2. The van der Waals surface area contributed by atoms with E-state index < -0.39 is 30.1 Å². The van der Waals surface area contributed by atoms with Crippen molar-refractivity contribution in [2.45, 2.75) is 70.4 Å². The van der Waals surface area contributed by atoms with Crippen molar-refractivity contribution in [1.82, 2.24) is 19.5 Å². The van der Waals surface area contributed by atoms with Crippen molar-refractivity contribution in [2.24, 2.45) is 5.92 Å². The number of hydrogen-bond donors (Lipinski definition) is 2. The second-order valence-electron chi connectivity index (χ2n) is 8.80. The molecule has 1 aliphatic carbocycles. The number of aliphatic hydroxyl groups excluding tert-OH is 1. The number of aliphatic hydroxyl groups is 1. The van der Waals surface area contributed by atoms with Gasteiger partial charge in [-0.3, -0.25) is 4.98 Å². The first-order valence-corrected chi connectivity index (χ1v) is 11.5. The standard InChI is InChI=1S/C17H14F3N5O2.C7H11F3.Es/c1-9-23-12(6-14(27)24-9)11-8-25(7-10(26)2-4-21)13-3-5-22-16(15(11)13)17(18,19)20;8-7(9,10)6-4-2-1-3-5-6;/h3,5-6,8,10,26H,2,7H2,1H3,(H,23,24,27);6H,1-5H2;/t10-;;/m0../s1. The van der Waals surface area contributed by atoms with Crippen molar-refractivity contribution in [3.63, 3.8) is 0 Å². The molecule has 1 fully saturated rings. The maximum Gasteiger partial charge on any atom is 0.434 e. The first kappa shape index (κ1) is 29.8. The Hall–Kier alpha value is -4.40. The topological polar surface area (TPSA) is 108 Å². The molecule has 0 amide bonds. The molecule has 1 aliphatic rings. The minimum Gasteiger partial charge on any atom is -0.493 e. The molecule has 1 atom stereocenters. The Kier molecular flexibility index (Phi) is 9.24. The molecule has 7 nitrogen and oxygen atoms in total. The Bertz CT molecular complexity index is 1250. The Morgan fingerprint density at radius 3 is 2.32 bits per heavy atom. The Morgan fingerprint density at radius 1 is 1.13 bits per heavy atom. The van der Waals surface area contributed by atoms with Crippen LogP contribution in [0.3, 0.4) is 0 Å². The van der Waals surface area contributed by atoms with E-state index in [4.69, 9.17) is 5.26 Å². The van der Waals surface area contributed by atoms with Crippen LogP contribution in [0.4, 0.5) is 26.3 Å². The number of nitrogens with zero attached hydrogens (tertiary/aromatic N) is 5. The van der Waals surface area contributed by atoms with Crippen molar-refractivity contribution in [2.75, 3.05) is 0 Å². The van der Waals surface area contributed by atoms with Crippen LogP contribution in [0.1, 0.15) is 50.0 Å². The van der Waals surface area contributed by atoms with E-state index in [1.807, 2.05) is 6.07 Å². The minimum atomic E-state index is -4.71. The molecule has 1 radical (unpaired) electrons. The van der Waals surface area contributed by atoms with Gasteiger partial charge >= 0.3 is 12.4 Å². The van der Waals surface area contributed by atoms with Gasteiger partial charge in [-0.1, -0.05) is 19.3 Å². The van der Waals surface area contributed by atoms with Crippen LogP contribution in [0.5, 0.6) is 5.88 Å². The van der Waals surface area contributed by atoms with E-state index in [2.05, 4.69) is 15.0 Å². The van der Waals surface area contributed by atoms with Gasteiger partial charge in [0.15, 0.2) is 5.69 Å². The molecule has 0 bridgehead atoms. The molecule has 0 spiro atoms. The fourth-order valence-electron chi connectivity index (χ4n) is 4.32. The van der Waals surface area contributed by atoms with Gasteiger partial charge in [0.05, 0.1) is 35.7 Å². The molecule has 0 unspecified atom stereocenters. The largest absolute Gasteiger partial charge is 0.493 e. The van der Waals surface area contributed by atoms with Crippen LogP contribution in [-0.2, 0) is 12.7 Å². The van der Waals surface area contributed by atoms with E-state index in [0.29, 0.717) is 12.8 Å². The Balaban J connectivity index is 0.000000389. The molecule has 14 heteroatoms. The predicted molar refractivity (Wildman–Crippen MR) is 121 cm³/mol. The zero-order chi connectivity index (χ0) is 27.4. The maximum atomic E-state index is 13.5. The third-order valence-corrected chi connectivity index (χ3v) is 5.96. The van der Waals surface area contributed by atoms with Gasteiger partial charge in [0, 0.05) is 36.0 Å². The van der Waals surface area contributed by atoms with Gasteiger partial charge in [-0.15, -0.1) is 0 Å². The van der Waals surface area contributed by atoms with Gasteiger partial charge in [0.1, 0.15) is 5.82 Å². The summed E-state index contributed by atoms with van der Waals surface area (Å²) in [6.07, 6.45) is -4.25. The summed E-state index contributed by atoms with van der Waals surface area (Å²) in [6, 6.07) is 4.36. The molecule has 38 heavy (non-hydrogen) atoms. The van der Waals surface area contributed by atoms with Crippen LogP contribution in [0.15, 0.2) is 24.5 Å². The summed E-state index contributed by atoms with van der Waals surface area (Å²) in [7, 11) is 0. The fourth-order valence-corrected chi connectivity index (χ4v) is 4.32. The smallest absolute Gasteiger partial charge is 0.434 e. The molecular weight excluding hydrogens is 756 g/mol. The first-order chi connectivity index (χ1) is 17.3. The fraction of sp³-hybridized carbons (Fsp3) is 0.500. The number of rotatable bonds is 4. The number of alkyl halides is 6. The molecule has 0 saturated heterocycles. The maximum absolute atomic E-state index is 13.5. The van der Waals surface area contributed by atoms with Gasteiger partial charge in [-0.2, -0.15) is 36.6 Å². The van der Waals surface area contributed by atoms with E-state index >= 15 is 0 Å². The summed E-state index contributed by atoms with van der Waals surface area (Å²) in [5, 5.41) is 28.1. The van der Waals surface area contributed by atoms with Crippen LogP contribution in [-0.4, -0.2) is 42.0 Å². The van der Waals surface area contributed by atoms with E-state index in [0.717, 1.165) is 31.5 Å². The third kappa shape index (κ3) is 7.09. The number of aromatic nitrogens is 4. The van der Waals surface area contributed by atoms with E-state index in [1.54, 1.807) is 0 Å². The number of aryl methyl sites for hydroxylation is 1. The third-order valence-electron chi connectivity index (χ3n) is 5.96. The van der Waals surface area contributed by atoms with Crippen molar-refractivity contribution < 1.29 is 36.6 Å². The molecule has 4 rings (SSSR count). The molecule has 211 valence electrons. The van der Waals surface area contributed by atoms with E-state index in [9.17, 15) is 36.6 Å². The van der Waals surface area contributed by atoms with Crippen molar-refractivity contribution >= 4 is 10.9 Å². The van der Waals surface area contributed by atoms with Crippen molar-refractivity contribution in [1.29, 1.82) is 5.26 Å². The quantitative estimate of drug-likeness (QED) is 0.318. The second-order valence-corrected chi connectivity index (χ2v) is 8.80. The summed E-state index contributed by atoms with van der Waals surface area (Å²) in [6.45, 7) is 1.42. The number of pyridine rings is 1. The Labute approximate surface area is 208 Å². The van der Waals surface area contributed by atoms with E-state index in [1.165, 1.54) is 23.8 Å². The summed E-state index contributed by atoms with van der Waals surface area (Å²) in [4.78, 5) is 11.3. The zero-order valence-corrected chi connectivity index (χ0v) is 22.6. The zero-order valence-electron chi connectivity index (χ0n) is 20.1. The first-order valence-electron chi connectivity index (χ1n) is 11.5. The molecule has 1 saturated carbocycles. The van der Waals surface area contributed by atoms with Crippen LogP contribution in [0, 0.1) is 24.2 Å². The van der Waals surface area contributed by atoms with Gasteiger partial charge in [-0.25, -0.2) is 4.98 Å². The van der Waals surface area contributed by atoms with Crippen LogP contribution in [0.25, 0.3) is 22.2 Å². The molecule has 3 aromatic heterocycles. The van der Waals surface area contributed by atoms with Crippen LogP contribution < -0.4 is 0 Å². The van der Waals surface area contributed by atoms with Crippen molar-refractivity contribution in [3.8, 4) is 23.2 Å². The molecule has 3 heterocycles. The van der Waals surface area contributed by atoms with Gasteiger partial charge in [-0.05, 0) is 25.8 Å². The summed E-state index contributed by atoms with van der Waals surface area (Å²) in [5.41, 5.74) is -0.730. The number of fused-ring (bicyclic) bond motifs is 1. The monoisotopic (exact) mass is 781 g/mol.